The monoisotopic (exact) mass is 197 g/mol. The topological polar surface area (TPSA) is 50.9 Å². The van der Waals surface area contributed by atoms with Crippen molar-refractivity contribution in [2.24, 2.45) is 13.0 Å². The Balaban J connectivity index is 2.37. The highest BCUT2D eigenvalue weighted by Crippen LogP contribution is 2.12. The molecule has 0 amide bonds. The Labute approximate surface area is 84.9 Å². The van der Waals surface area contributed by atoms with Gasteiger partial charge >= 0.3 is 0 Å². The van der Waals surface area contributed by atoms with Crippen molar-refractivity contribution in [3.8, 4) is 0 Å². The molecule has 1 heterocycles. The molecule has 0 aliphatic carbocycles. The van der Waals surface area contributed by atoms with Gasteiger partial charge in [0.15, 0.2) is 0 Å². The molecule has 1 rings (SSSR count). The van der Waals surface area contributed by atoms with E-state index in [4.69, 9.17) is 0 Å². The average Bonchev–Trinajstić information content (AvgIpc) is 2.50. The lowest BCUT2D eigenvalue weighted by Gasteiger charge is -2.13. The van der Waals surface area contributed by atoms with Gasteiger partial charge in [0.2, 0.25) is 0 Å². The van der Waals surface area contributed by atoms with Gasteiger partial charge in [-0.3, -0.25) is 4.68 Å². The highest BCUT2D eigenvalue weighted by molar-refractivity contribution is 4.94. The molecule has 1 N–H and O–H groups in total. The SMILES string of the molecule is CCC(C)CC(O)Cc1cn(C)nn1. The van der Waals surface area contributed by atoms with Gasteiger partial charge in [-0.2, -0.15) is 0 Å². The minimum Gasteiger partial charge on any atom is -0.393 e. The summed E-state index contributed by atoms with van der Waals surface area (Å²) in [6.07, 6.45) is 4.12. The first kappa shape index (κ1) is 11.2. The van der Waals surface area contributed by atoms with E-state index in [0.29, 0.717) is 12.3 Å². The highest BCUT2D eigenvalue weighted by Gasteiger charge is 2.11. The lowest BCUT2D eigenvalue weighted by Crippen LogP contribution is -2.14. The van der Waals surface area contributed by atoms with Crippen LogP contribution in [0.25, 0.3) is 0 Å². The smallest absolute Gasteiger partial charge is 0.0852 e. The van der Waals surface area contributed by atoms with Crippen molar-refractivity contribution in [1.82, 2.24) is 15.0 Å². The van der Waals surface area contributed by atoms with Gasteiger partial charge in [0.05, 0.1) is 11.8 Å². The number of aromatic nitrogens is 3. The minimum absolute atomic E-state index is 0.290. The van der Waals surface area contributed by atoms with E-state index in [2.05, 4.69) is 24.2 Å². The summed E-state index contributed by atoms with van der Waals surface area (Å²) < 4.78 is 1.66. The van der Waals surface area contributed by atoms with Gasteiger partial charge in [-0.25, -0.2) is 0 Å². The number of aliphatic hydroxyl groups is 1. The standard InChI is InChI=1S/C10H19N3O/c1-4-8(2)5-10(14)6-9-7-13(3)12-11-9/h7-8,10,14H,4-6H2,1-3H3. The average molecular weight is 197 g/mol. The van der Waals surface area contributed by atoms with Crippen molar-refractivity contribution >= 4 is 0 Å². The van der Waals surface area contributed by atoms with Crippen LogP contribution in [0.2, 0.25) is 0 Å². The Kier molecular flexibility index (Phi) is 4.07. The molecule has 2 unspecified atom stereocenters. The fourth-order valence-electron chi connectivity index (χ4n) is 1.44. The molecule has 0 spiro atoms. The summed E-state index contributed by atoms with van der Waals surface area (Å²) >= 11 is 0. The molecule has 0 radical (unpaired) electrons. The van der Waals surface area contributed by atoms with Crippen LogP contribution in [0.15, 0.2) is 6.20 Å². The number of aryl methyl sites for hydroxylation is 1. The van der Waals surface area contributed by atoms with Crippen LogP contribution in [0.4, 0.5) is 0 Å². The van der Waals surface area contributed by atoms with E-state index < -0.39 is 0 Å². The Morgan fingerprint density at radius 2 is 2.29 bits per heavy atom. The predicted octanol–water partition coefficient (Wildman–Crippen LogP) is 1.15. The quantitative estimate of drug-likeness (QED) is 0.770. The van der Waals surface area contributed by atoms with E-state index in [1.165, 1.54) is 0 Å². The molecule has 1 aromatic rings. The molecule has 2 atom stereocenters. The van der Waals surface area contributed by atoms with Crippen LogP contribution >= 0.6 is 0 Å². The van der Waals surface area contributed by atoms with Crippen molar-refractivity contribution < 1.29 is 5.11 Å². The molecule has 80 valence electrons. The Hall–Kier alpha value is -0.900. The van der Waals surface area contributed by atoms with Gasteiger partial charge in [-0.05, 0) is 12.3 Å². The van der Waals surface area contributed by atoms with Crippen LogP contribution in [0.1, 0.15) is 32.4 Å². The molecule has 4 nitrogen and oxygen atoms in total. The molecule has 1 aromatic heterocycles. The first-order chi connectivity index (χ1) is 6.61. The van der Waals surface area contributed by atoms with Gasteiger partial charge in [0.1, 0.15) is 0 Å². The van der Waals surface area contributed by atoms with E-state index in [1.807, 2.05) is 13.2 Å². The van der Waals surface area contributed by atoms with E-state index in [-0.39, 0.29) is 6.10 Å². The van der Waals surface area contributed by atoms with Crippen molar-refractivity contribution in [1.29, 1.82) is 0 Å². The predicted molar refractivity (Wildman–Crippen MR) is 54.8 cm³/mol. The summed E-state index contributed by atoms with van der Waals surface area (Å²) in [5.41, 5.74) is 0.864. The first-order valence-corrected chi connectivity index (χ1v) is 5.15. The second-order valence-corrected chi connectivity index (χ2v) is 3.99. The number of hydrogen-bond donors (Lipinski definition) is 1. The van der Waals surface area contributed by atoms with Crippen LogP contribution < -0.4 is 0 Å². The third-order valence-electron chi connectivity index (χ3n) is 2.47. The summed E-state index contributed by atoms with van der Waals surface area (Å²) in [6.45, 7) is 4.29. The molecule has 0 aromatic carbocycles. The summed E-state index contributed by atoms with van der Waals surface area (Å²) in [4.78, 5) is 0. The van der Waals surface area contributed by atoms with Crippen molar-refractivity contribution in [2.45, 2.75) is 39.2 Å². The highest BCUT2D eigenvalue weighted by atomic mass is 16.3. The second-order valence-electron chi connectivity index (χ2n) is 3.99. The van der Waals surface area contributed by atoms with Crippen molar-refractivity contribution in [3.05, 3.63) is 11.9 Å². The Bertz CT molecular complexity index is 272. The molecular weight excluding hydrogens is 178 g/mol. The van der Waals surface area contributed by atoms with Crippen LogP contribution in [-0.4, -0.2) is 26.2 Å². The normalized spacial score (nSPS) is 15.4. The molecule has 0 aliphatic heterocycles. The lowest BCUT2D eigenvalue weighted by molar-refractivity contribution is 0.143. The molecule has 4 heteroatoms. The minimum atomic E-state index is -0.290. The zero-order chi connectivity index (χ0) is 10.6. The summed E-state index contributed by atoms with van der Waals surface area (Å²) in [7, 11) is 1.83. The first-order valence-electron chi connectivity index (χ1n) is 5.15. The molecule has 0 fully saturated rings. The number of rotatable bonds is 5. The van der Waals surface area contributed by atoms with Crippen molar-refractivity contribution in [2.75, 3.05) is 0 Å². The summed E-state index contributed by atoms with van der Waals surface area (Å²) in [5, 5.41) is 17.5. The fourth-order valence-corrected chi connectivity index (χ4v) is 1.44. The largest absolute Gasteiger partial charge is 0.393 e. The van der Waals surface area contributed by atoms with E-state index in [9.17, 15) is 5.11 Å². The van der Waals surface area contributed by atoms with Gasteiger partial charge in [-0.15, -0.1) is 5.10 Å². The second kappa shape index (κ2) is 5.10. The zero-order valence-electron chi connectivity index (χ0n) is 9.14. The molecule has 14 heavy (non-hydrogen) atoms. The number of aliphatic hydroxyl groups excluding tert-OH is 1. The van der Waals surface area contributed by atoms with Gasteiger partial charge in [-0.1, -0.05) is 25.5 Å². The van der Waals surface area contributed by atoms with E-state index in [0.717, 1.165) is 18.5 Å². The van der Waals surface area contributed by atoms with Crippen LogP contribution in [0.5, 0.6) is 0 Å². The molecule has 0 saturated heterocycles. The summed E-state index contributed by atoms with van der Waals surface area (Å²) in [5.74, 6) is 0.571. The lowest BCUT2D eigenvalue weighted by atomic mass is 9.99. The number of nitrogens with zero attached hydrogens (tertiary/aromatic N) is 3. The Morgan fingerprint density at radius 3 is 2.79 bits per heavy atom. The molecule has 0 aliphatic rings. The Morgan fingerprint density at radius 1 is 1.57 bits per heavy atom. The van der Waals surface area contributed by atoms with E-state index >= 15 is 0 Å². The third-order valence-corrected chi connectivity index (χ3v) is 2.47. The van der Waals surface area contributed by atoms with Gasteiger partial charge in [0, 0.05) is 19.7 Å². The van der Waals surface area contributed by atoms with Crippen molar-refractivity contribution in [3.63, 3.8) is 0 Å². The van der Waals surface area contributed by atoms with Gasteiger partial charge < -0.3 is 5.11 Å². The zero-order valence-corrected chi connectivity index (χ0v) is 9.14. The fraction of sp³-hybridized carbons (Fsp3) is 0.800. The van der Waals surface area contributed by atoms with Gasteiger partial charge in [0.25, 0.3) is 0 Å². The van der Waals surface area contributed by atoms with Crippen LogP contribution in [0.3, 0.4) is 0 Å². The maximum atomic E-state index is 9.74. The van der Waals surface area contributed by atoms with E-state index in [1.54, 1.807) is 4.68 Å². The van der Waals surface area contributed by atoms with Crippen LogP contribution in [0, 0.1) is 5.92 Å². The van der Waals surface area contributed by atoms with Crippen LogP contribution in [-0.2, 0) is 13.5 Å². The third kappa shape index (κ3) is 3.46. The molecular formula is C10H19N3O. The maximum absolute atomic E-state index is 9.74. The maximum Gasteiger partial charge on any atom is 0.0852 e. The summed E-state index contributed by atoms with van der Waals surface area (Å²) in [6, 6.07) is 0. The molecule has 0 saturated carbocycles. The molecule has 0 bridgehead atoms. The number of hydrogen-bond acceptors (Lipinski definition) is 3.